The Balaban J connectivity index is 1.38. The summed E-state index contributed by atoms with van der Waals surface area (Å²) in [5.74, 6) is 0. The van der Waals surface area contributed by atoms with Gasteiger partial charge in [0.1, 0.15) is 6.54 Å². The van der Waals surface area contributed by atoms with E-state index in [0.29, 0.717) is 0 Å². The predicted octanol–water partition coefficient (Wildman–Crippen LogP) is 5.05. The van der Waals surface area contributed by atoms with Crippen LogP contribution in [0.15, 0.2) is 49.1 Å². The maximum absolute atomic E-state index is 5.77. The normalized spacial score (nSPS) is 11.2. The minimum absolute atomic E-state index is 0.761. The van der Waals surface area contributed by atoms with Gasteiger partial charge in [0.2, 0.25) is 0 Å². The zero-order valence-electron chi connectivity index (χ0n) is 20.6. The van der Waals surface area contributed by atoms with E-state index in [0.717, 1.165) is 78.0 Å². The number of unbranched alkanes of at least 4 members (excludes halogenated alkanes) is 6. The van der Waals surface area contributed by atoms with E-state index in [1.165, 1.54) is 49.7 Å². The smallest absolute Gasteiger partial charge is 0.171 e. The van der Waals surface area contributed by atoms with E-state index >= 15 is 0 Å². The van der Waals surface area contributed by atoms with Crippen LogP contribution < -0.4 is 10.3 Å². The topological polar surface area (TPSA) is 61.2 Å². The van der Waals surface area contributed by atoms with Crippen molar-refractivity contribution in [3.05, 3.63) is 60.2 Å². The summed E-state index contributed by atoms with van der Waals surface area (Å²) >= 11 is 0. The van der Waals surface area contributed by atoms with Gasteiger partial charge in [-0.1, -0.05) is 25.3 Å². The van der Waals surface area contributed by atoms with Crippen molar-refractivity contribution < 1.29 is 14.0 Å². The Morgan fingerprint density at radius 2 is 1.33 bits per heavy atom. The quantitative estimate of drug-likeness (QED) is 0.211. The number of hydrogen-bond acceptors (Lipinski definition) is 4. The molecule has 0 saturated heterocycles. The standard InChI is InChI=1S/C28H46N3O2/c29-17-5-8-22-33-24-12-16-28-14-10-20-31(26-28)19-6-3-1-2-4-7-21-32-23-11-15-27-13-9-18-30-25-27/h9-10,13-14,18,20,25-26H,1-8,11-12,15-17,19,21-24,29H2/q+1. The molecular weight excluding hydrogens is 410 g/mol. The summed E-state index contributed by atoms with van der Waals surface area (Å²) in [6.45, 7) is 5.31. The Morgan fingerprint density at radius 3 is 2.06 bits per heavy atom. The summed E-state index contributed by atoms with van der Waals surface area (Å²) in [5, 5.41) is 0. The van der Waals surface area contributed by atoms with Crippen molar-refractivity contribution in [2.75, 3.05) is 33.0 Å². The van der Waals surface area contributed by atoms with Crippen LogP contribution in [-0.2, 0) is 28.9 Å². The third-order valence-corrected chi connectivity index (χ3v) is 5.85. The minimum Gasteiger partial charge on any atom is -0.381 e. The first-order valence-electron chi connectivity index (χ1n) is 13.1. The van der Waals surface area contributed by atoms with Gasteiger partial charge in [-0.15, -0.1) is 0 Å². The van der Waals surface area contributed by atoms with Gasteiger partial charge in [0.05, 0.1) is 0 Å². The lowest BCUT2D eigenvalue weighted by atomic mass is 10.1. The molecule has 2 rings (SSSR count). The molecule has 2 heterocycles. The van der Waals surface area contributed by atoms with E-state index in [4.69, 9.17) is 15.2 Å². The SMILES string of the molecule is NCCCCOCCCc1ccc[n+](CCCCCCCCOCCCc2cccnc2)c1. The molecule has 5 nitrogen and oxygen atoms in total. The Kier molecular flexibility index (Phi) is 16.3. The van der Waals surface area contributed by atoms with Crippen LogP contribution in [-0.4, -0.2) is 38.0 Å². The van der Waals surface area contributed by atoms with Crippen molar-refractivity contribution in [1.29, 1.82) is 0 Å². The van der Waals surface area contributed by atoms with Crippen molar-refractivity contribution in [3.63, 3.8) is 0 Å². The van der Waals surface area contributed by atoms with Gasteiger partial charge in [-0.25, -0.2) is 4.57 Å². The molecule has 0 bridgehead atoms. The van der Waals surface area contributed by atoms with Crippen molar-refractivity contribution in [2.24, 2.45) is 5.73 Å². The monoisotopic (exact) mass is 456 g/mol. The Labute approximate surface area is 201 Å². The first-order chi connectivity index (χ1) is 16.4. The molecule has 0 atom stereocenters. The Hall–Kier alpha value is -1.82. The van der Waals surface area contributed by atoms with Crippen molar-refractivity contribution in [1.82, 2.24) is 4.98 Å². The van der Waals surface area contributed by atoms with Crippen LogP contribution in [0.3, 0.4) is 0 Å². The molecule has 0 saturated carbocycles. The molecule has 0 fully saturated rings. The fourth-order valence-electron chi connectivity index (χ4n) is 3.92. The third kappa shape index (κ3) is 14.8. The number of aromatic nitrogens is 2. The zero-order valence-corrected chi connectivity index (χ0v) is 20.6. The minimum atomic E-state index is 0.761. The second-order valence-electron chi connectivity index (χ2n) is 8.86. The summed E-state index contributed by atoms with van der Waals surface area (Å²) in [4.78, 5) is 4.15. The molecule has 2 aromatic heterocycles. The maximum Gasteiger partial charge on any atom is 0.171 e. The van der Waals surface area contributed by atoms with E-state index in [9.17, 15) is 0 Å². The first-order valence-corrected chi connectivity index (χ1v) is 13.1. The molecule has 0 aliphatic heterocycles. The predicted molar refractivity (Wildman–Crippen MR) is 135 cm³/mol. The Morgan fingerprint density at radius 1 is 0.697 bits per heavy atom. The molecule has 0 aliphatic carbocycles. The van der Waals surface area contributed by atoms with Crippen LogP contribution in [0.1, 0.15) is 75.3 Å². The van der Waals surface area contributed by atoms with Crippen LogP contribution in [0.5, 0.6) is 0 Å². The average molecular weight is 457 g/mol. The van der Waals surface area contributed by atoms with E-state index in [-0.39, 0.29) is 0 Å². The second kappa shape index (κ2) is 19.6. The van der Waals surface area contributed by atoms with Crippen LogP contribution in [0.2, 0.25) is 0 Å². The molecular formula is C28H46N3O2+. The highest BCUT2D eigenvalue weighted by molar-refractivity contribution is 5.08. The van der Waals surface area contributed by atoms with Gasteiger partial charge >= 0.3 is 0 Å². The lowest BCUT2D eigenvalue weighted by molar-refractivity contribution is -0.697. The van der Waals surface area contributed by atoms with E-state index in [1.54, 1.807) is 0 Å². The van der Waals surface area contributed by atoms with Crippen LogP contribution in [0.25, 0.3) is 0 Å². The molecule has 0 aromatic carbocycles. The number of nitrogens with two attached hydrogens (primary N) is 1. The van der Waals surface area contributed by atoms with Gasteiger partial charge in [0, 0.05) is 56.9 Å². The van der Waals surface area contributed by atoms with Crippen molar-refractivity contribution >= 4 is 0 Å². The van der Waals surface area contributed by atoms with Gasteiger partial charge < -0.3 is 15.2 Å². The van der Waals surface area contributed by atoms with Gasteiger partial charge in [0.15, 0.2) is 12.4 Å². The van der Waals surface area contributed by atoms with Crippen LogP contribution in [0.4, 0.5) is 0 Å². The van der Waals surface area contributed by atoms with E-state index in [1.807, 2.05) is 18.5 Å². The fraction of sp³-hybridized carbons (Fsp3) is 0.643. The highest BCUT2D eigenvalue weighted by Crippen LogP contribution is 2.07. The zero-order chi connectivity index (χ0) is 23.2. The maximum atomic E-state index is 5.77. The number of hydrogen-bond donors (Lipinski definition) is 1. The number of pyridine rings is 2. The van der Waals surface area contributed by atoms with Crippen molar-refractivity contribution in [2.45, 2.75) is 83.6 Å². The highest BCUT2D eigenvalue weighted by atomic mass is 16.5. The summed E-state index contributed by atoms with van der Waals surface area (Å²) in [5.41, 5.74) is 8.20. The molecule has 2 aromatic rings. The largest absolute Gasteiger partial charge is 0.381 e. The van der Waals surface area contributed by atoms with Gasteiger partial charge in [-0.3, -0.25) is 4.98 Å². The number of rotatable bonds is 21. The third-order valence-electron chi connectivity index (χ3n) is 5.85. The molecule has 33 heavy (non-hydrogen) atoms. The number of ether oxygens (including phenoxy) is 2. The second-order valence-corrected chi connectivity index (χ2v) is 8.86. The molecule has 0 aliphatic rings. The molecule has 5 heteroatoms. The fourth-order valence-corrected chi connectivity index (χ4v) is 3.92. The summed E-state index contributed by atoms with van der Waals surface area (Å²) in [6.07, 6.45) is 22.3. The lowest BCUT2D eigenvalue weighted by Gasteiger charge is -2.05. The van der Waals surface area contributed by atoms with Gasteiger partial charge in [-0.2, -0.15) is 0 Å². The van der Waals surface area contributed by atoms with Gasteiger partial charge in [0.25, 0.3) is 0 Å². The molecule has 0 unspecified atom stereocenters. The molecule has 0 radical (unpaired) electrons. The average Bonchev–Trinajstić information content (AvgIpc) is 2.85. The lowest BCUT2D eigenvalue weighted by Crippen LogP contribution is -2.33. The molecule has 2 N–H and O–H groups in total. The summed E-state index contributed by atoms with van der Waals surface area (Å²) in [7, 11) is 0. The molecule has 184 valence electrons. The highest BCUT2D eigenvalue weighted by Gasteiger charge is 2.03. The van der Waals surface area contributed by atoms with Crippen molar-refractivity contribution in [3.8, 4) is 0 Å². The van der Waals surface area contributed by atoms with Gasteiger partial charge in [-0.05, 0) is 75.6 Å². The molecule has 0 amide bonds. The summed E-state index contributed by atoms with van der Waals surface area (Å²) < 4.78 is 13.8. The number of aryl methyl sites for hydroxylation is 3. The number of nitrogens with zero attached hydrogens (tertiary/aromatic N) is 2. The summed E-state index contributed by atoms with van der Waals surface area (Å²) in [6, 6.07) is 8.53. The van der Waals surface area contributed by atoms with E-state index < -0.39 is 0 Å². The molecule has 0 spiro atoms. The van der Waals surface area contributed by atoms with Crippen LogP contribution >= 0.6 is 0 Å². The van der Waals surface area contributed by atoms with Crippen LogP contribution in [0, 0.1) is 0 Å². The Bertz CT molecular complexity index is 697. The first kappa shape index (κ1) is 27.4. The van der Waals surface area contributed by atoms with E-state index in [2.05, 4.69) is 40.1 Å².